The number of aliphatic hydroxyl groups excluding tert-OH is 4. The molecule has 0 bridgehead atoms. The zero-order chi connectivity index (χ0) is 35.2. The largest absolute Gasteiger partial charge is 0.461 e. The van der Waals surface area contributed by atoms with Crippen LogP contribution in [0.1, 0.15) is 20.7 Å². The molecule has 2 aromatic rings. The molecule has 48 heavy (non-hydrogen) atoms. The van der Waals surface area contributed by atoms with Crippen molar-refractivity contribution in [2.45, 2.75) is 0 Å². The Bertz CT molecular complexity index is 1290. The summed E-state index contributed by atoms with van der Waals surface area (Å²) in [7, 11) is -1.61. The SMILES string of the molecule is COP(C)(=O)CNc1nc(NCN(CCO)CCO)nc(NCN(CCO)CCOC(=O)c2ccccc2C(=O)OCCOCCO)n1. The number of ether oxygens (including phenoxy) is 3. The van der Waals surface area contributed by atoms with E-state index in [4.69, 9.17) is 23.8 Å². The van der Waals surface area contributed by atoms with E-state index in [1.54, 1.807) is 21.9 Å². The van der Waals surface area contributed by atoms with E-state index in [2.05, 4.69) is 30.9 Å². The maximum absolute atomic E-state index is 12.9. The minimum absolute atomic E-state index is 0.0255. The first-order valence-corrected chi connectivity index (χ1v) is 17.4. The molecule has 0 saturated carbocycles. The molecular formula is C28H47N8O11P. The van der Waals surface area contributed by atoms with Crippen LogP contribution >= 0.6 is 7.37 Å². The van der Waals surface area contributed by atoms with Crippen LogP contribution in [0.25, 0.3) is 0 Å². The molecule has 270 valence electrons. The number of carbonyl (C=O) groups excluding carboxylic acids is 2. The van der Waals surface area contributed by atoms with Gasteiger partial charge in [0, 0.05) is 40.0 Å². The van der Waals surface area contributed by atoms with Gasteiger partial charge in [0.15, 0.2) is 0 Å². The number of aromatic nitrogens is 3. The lowest BCUT2D eigenvalue weighted by Crippen LogP contribution is -2.36. The summed E-state index contributed by atoms with van der Waals surface area (Å²) in [5.74, 6) is -1.08. The van der Waals surface area contributed by atoms with Crippen molar-refractivity contribution in [3.05, 3.63) is 35.4 Å². The highest BCUT2D eigenvalue weighted by Gasteiger charge is 2.20. The lowest BCUT2D eigenvalue weighted by Gasteiger charge is -2.22. The lowest BCUT2D eigenvalue weighted by atomic mass is 10.1. The van der Waals surface area contributed by atoms with E-state index in [1.807, 2.05) is 0 Å². The predicted molar refractivity (Wildman–Crippen MR) is 175 cm³/mol. The molecule has 20 heteroatoms. The van der Waals surface area contributed by atoms with Crippen LogP contribution in [-0.4, -0.2) is 170 Å². The number of aliphatic hydroxyl groups is 4. The molecule has 1 unspecified atom stereocenters. The van der Waals surface area contributed by atoms with E-state index >= 15 is 0 Å². The number of esters is 2. The van der Waals surface area contributed by atoms with Crippen LogP contribution in [0.3, 0.4) is 0 Å². The molecule has 0 saturated heterocycles. The van der Waals surface area contributed by atoms with Crippen molar-refractivity contribution in [3.8, 4) is 0 Å². The normalized spacial score (nSPS) is 12.5. The third-order valence-corrected chi connectivity index (χ3v) is 7.93. The van der Waals surface area contributed by atoms with Crippen LogP contribution < -0.4 is 16.0 Å². The zero-order valence-corrected chi connectivity index (χ0v) is 28.1. The van der Waals surface area contributed by atoms with Crippen LogP contribution in [0.4, 0.5) is 17.8 Å². The Kier molecular flexibility index (Phi) is 19.4. The van der Waals surface area contributed by atoms with Crippen molar-refractivity contribution in [2.75, 3.05) is 128 Å². The first-order valence-electron chi connectivity index (χ1n) is 15.1. The Morgan fingerprint density at radius 1 is 0.708 bits per heavy atom. The maximum atomic E-state index is 12.9. The van der Waals surface area contributed by atoms with E-state index in [0.29, 0.717) is 13.1 Å². The maximum Gasteiger partial charge on any atom is 0.339 e. The lowest BCUT2D eigenvalue weighted by molar-refractivity contribution is 0.0251. The van der Waals surface area contributed by atoms with E-state index < -0.39 is 19.3 Å². The number of carbonyl (C=O) groups is 2. The monoisotopic (exact) mass is 702 g/mol. The van der Waals surface area contributed by atoms with E-state index in [1.165, 1.54) is 25.9 Å². The topological polar surface area (TPSA) is 250 Å². The number of rotatable bonds is 26. The highest BCUT2D eigenvalue weighted by Crippen LogP contribution is 2.40. The summed E-state index contributed by atoms with van der Waals surface area (Å²) in [4.78, 5) is 41.8. The average molecular weight is 703 g/mol. The molecule has 0 amide bonds. The second kappa shape index (κ2) is 22.9. The van der Waals surface area contributed by atoms with Crippen molar-refractivity contribution < 1.29 is 53.3 Å². The Morgan fingerprint density at radius 2 is 1.19 bits per heavy atom. The van der Waals surface area contributed by atoms with Gasteiger partial charge < -0.3 is 55.1 Å². The summed E-state index contributed by atoms with van der Waals surface area (Å²) in [6, 6.07) is 6.07. The first kappa shape index (κ1) is 40.7. The molecule has 0 spiro atoms. The predicted octanol–water partition coefficient (Wildman–Crippen LogP) is -0.862. The van der Waals surface area contributed by atoms with Gasteiger partial charge in [-0.1, -0.05) is 12.1 Å². The van der Waals surface area contributed by atoms with Crippen molar-refractivity contribution in [1.29, 1.82) is 0 Å². The van der Waals surface area contributed by atoms with Crippen LogP contribution in [0.15, 0.2) is 24.3 Å². The number of nitrogens with one attached hydrogen (secondary N) is 3. The number of benzene rings is 1. The average Bonchev–Trinajstić information content (AvgIpc) is 3.08. The molecule has 1 aromatic heterocycles. The molecule has 7 N–H and O–H groups in total. The molecule has 19 nitrogen and oxygen atoms in total. The highest BCUT2D eigenvalue weighted by atomic mass is 31.2. The molecule has 0 aliphatic rings. The fraction of sp³-hybridized carbons (Fsp3) is 0.607. The third-order valence-electron chi connectivity index (χ3n) is 6.42. The minimum atomic E-state index is -2.95. The second-order valence-corrected chi connectivity index (χ2v) is 12.8. The number of hydrogen-bond donors (Lipinski definition) is 7. The molecular weight excluding hydrogens is 655 g/mol. The Labute approximate surface area is 279 Å². The number of nitrogens with zero attached hydrogens (tertiary/aromatic N) is 5. The van der Waals surface area contributed by atoms with Gasteiger partial charge in [0.1, 0.15) is 13.2 Å². The molecule has 0 radical (unpaired) electrons. The van der Waals surface area contributed by atoms with Gasteiger partial charge in [0.25, 0.3) is 0 Å². The Balaban J connectivity index is 2.04. The van der Waals surface area contributed by atoms with Gasteiger partial charge in [-0.2, -0.15) is 15.0 Å². The fourth-order valence-electron chi connectivity index (χ4n) is 3.84. The standard InChI is InChI=1S/C28H47N8O11P/c1-44-48(2,43)21-31-28-33-26(29-19-35(7-11-37)8-12-38)32-27(34-28)30-20-36(9-13-39)10-15-46-24(41)22-5-3-4-6-23(22)25(42)47-18-17-45-16-14-40/h3-6,37-40H,7-21H2,1-2H3,(H3,29,30,31,32,33,34). The summed E-state index contributed by atoms with van der Waals surface area (Å²) in [6.45, 7) is 2.30. The van der Waals surface area contributed by atoms with Crippen LogP contribution in [0, 0.1) is 0 Å². The number of hydrogen-bond acceptors (Lipinski definition) is 19. The molecule has 0 aliphatic carbocycles. The second-order valence-electron chi connectivity index (χ2n) is 10.1. The smallest absolute Gasteiger partial charge is 0.339 e. The molecule has 1 heterocycles. The van der Waals surface area contributed by atoms with E-state index in [0.717, 1.165) is 0 Å². The van der Waals surface area contributed by atoms with Crippen molar-refractivity contribution in [2.24, 2.45) is 0 Å². The van der Waals surface area contributed by atoms with Gasteiger partial charge in [-0.05, 0) is 12.1 Å². The minimum Gasteiger partial charge on any atom is -0.461 e. The summed E-state index contributed by atoms with van der Waals surface area (Å²) in [5.41, 5.74) is 0.0560. The summed E-state index contributed by atoms with van der Waals surface area (Å²) < 4.78 is 33.1. The Morgan fingerprint density at radius 3 is 1.67 bits per heavy atom. The molecule has 0 aliphatic heterocycles. The third kappa shape index (κ3) is 15.6. The summed E-state index contributed by atoms with van der Waals surface area (Å²) >= 11 is 0. The molecule has 1 atom stereocenters. The van der Waals surface area contributed by atoms with Crippen molar-refractivity contribution in [3.63, 3.8) is 0 Å². The van der Waals surface area contributed by atoms with Crippen molar-refractivity contribution >= 4 is 37.2 Å². The van der Waals surface area contributed by atoms with Gasteiger partial charge >= 0.3 is 11.9 Å². The van der Waals surface area contributed by atoms with E-state index in [9.17, 15) is 29.5 Å². The number of anilines is 3. The highest BCUT2D eigenvalue weighted by molar-refractivity contribution is 7.58. The summed E-state index contributed by atoms with van der Waals surface area (Å²) in [6.07, 6.45) is -0.0462. The van der Waals surface area contributed by atoms with Gasteiger partial charge in [-0.15, -0.1) is 0 Å². The molecule has 1 aromatic carbocycles. The summed E-state index contributed by atoms with van der Waals surface area (Å²) in [5, 5.41) is 45.9. The van der Waals surface area contributed by atoms with Crippen LogP contribution in [0.2, 0.25) is 0 Å². The Hall–Kier alpha value is -3.52. The van der Waals surface area contributed by atoms with Crippen molar-refractivity contribution in [1.82, 2.24) is 24.8 Å². The van der Waals surface area contributed by atoms with Gasteiger partial charge in [-0.25, -0.2) is 9.59 Å². The fourth-order valence-corrected chi connectivity index (χ4v) is 4.40. The quantitative estimate of drug-likeness (QED) is 0.0273. The van der Waals surface area contributed by atoms with Gasteiger partial charge in [-0.3, -0.25) is 14.4 Å². The molecule has 2 rings (SSSR count). The van der Waals surface area contributed by atoms with Gasteiger partial charge in [0.05, 0.1) is 70.4 Å². The first-order chi connectivity index (χ1) is 23.2. The van der Waals surface area contributed by atoms with Crippen LogP contribution in [-0.2, 0) is 23.3 Å². The molecule has 0 fully saturated rings. The van der Waals surface area contributed by atoms with Gasteiger partial charge in [0.2, 0.25) is 25.2 Å². The zero-order valence-electron chi connectivity index (χ0n) is 27.2. The van der Waals surface area contributed by atoms with E-state index in [-0.39, 0.29) is 115 Å². The van der Waals surface area contributed by atoms with Crippen LogP contribution in [0.5, 0.6) is 0 Å².